The van der Waals surface area contributed by atoms with Crippen LogP contribution in [0.1, 0.15) is 33.6 Å². The van der Waals surface area contributed by atoms with Gasteiger partial charge in [0.05, 0.1) is 5.60 Å². The zero-order valence-corrected chi connectivity index (χ0v) is 15.0. The third-order valence-electron chi connectivity index (χ3n) is 3.60. The van der Waals surface area contributed by atoms with Crippen LogP contribution in [-0.4, -0.2) is 34.4 Å². The van der Waals surface area contributed by atoms with Gasteiger partial charge in [0.25, 0.3) is 0 Å². The van der Waals surface area contributed by atoms with Gasteiger partial charge in [-0.25, -0.2) is 0 Å². The van der Waals surface area contributed by atoms with Crippen molar-refractivity contribution in [3.05, 3.63) is 12.2 Å². The van der Waals surface area contributed by atoms with Crippen LogP contribution in [0.4, 0.5) is 0 Å². The fourth-order valence-corrected chi connectivity index (χ4v) is 4.26. The molecule has 4 heteroatoms. The molecule has 19 heavy (non-hydrogen) atoms. The molecule has 0 radical (unpaired) electrons. The second-order valence-electron chi connectivity index (χ2n) is 6.28. The lowest BCUT2D eigenvalue weighted by Crippen LogP contribution is -2.48. The average Bonchev–Trinajstić information content (AvgIpc) is 2.30. The molecule has 114 valence electrons. The Bertz CT molecular complexity index is 282. The minimum atomic E-state index is -1.65. The molecule has 3 nitrogen and oxygen atoms in total. The van der Waals surface area contributed by atoms with Gasteiger partial charge in [0, 0.05) is 20.6 Å². The molecule has 0 aliphatic rings. The zero-order chi connectivity index (χ0) is 15.3. The summed E-state index contributed by atoms with van der Waals surface area (Å²) in [5.41, 5.74) is 0.815. The van der Waals surface area contributed by atoms with Gasteiger partial charge in [0.1, 0.15) is 0 Å². The van der Waals surface area contributed by atoms with Crippen LogP contribution in [0.5, 0.6) is 0 Å². The molecule has 0 spiro atoms. The van der Waals surface area contributed by atoms with Crippen molar-refractivity contribution in [3.63, 3.8) is 0 Å². The highest BCUT2D eigenvalue weighted by molar-refractivity contribution is 6.69. The van der Waals surface area contributed by atoms with E-state index in [4.69, 9.17) is 13.9 Å². The lowest BCUT2D eigenvalue weighted by Gasteiger charge is -2.44. The topological polar surface area (TPSA) is 27.7 Å². The number of methoxy groups -OCH3 is 2. The van der Waals surface area contributed by atoms with Gasteiger partial charge in [0.15, 0.2) is 14.6 Å². The van der Waals surface area contributed by atoms with E-state index in [9.17, 15) is 0 Å². The van der Waals surface area contributed by atoms with Crippen molar-refractivity contribution in [2.24, 2.45) is 5.92 Å². The highest BCUT2D eigenvalue weighted by Gasteiger charge is 2.41. The Labute approximate surface area is 120 Å². The SMILES string of the molecule is C=C(C)[C@@](CC)(O[Si](C)(C)C)[C@H](C)CC(OC)OC. The molecule has 0 rings (SSSR count). The first-order valence-electron chi connectivity index (χ1n) is 7.04. The Kier molecular flexibility index (Phi) is 7.51. The maximum Gasteiger partial charge on any atom is 0.184 e. The molecule has 0 unspecified atom stereocenters. The summed E-state index contributed by atoms with van der Waals surface area (Å²) < 4.78 is 17.2. The van der Waals surface area contributed by atoms with Gasteiger partial charge in [-0.05, 0) is 44.5 Å². The smallest absolute Gasteiger partial charge is 0.184 e. The molecular formula is C15H32O3Si. The van der Waals surface area contributed by atoms with Crippen molar-refractivity contribution < 1.29 is 13.9 Å². The normalized spacial score (nSPS) is 17.3. The van der Waals surface area contributed by atoms with E-state index in [2.05, 4.69) is 47.0 Å². The summed E-state index contributed by atoms with van der Waals surface area (Å²) in [4.78, 5) is 0. The maximum atomic E-state index is 6.52. The molecule has 2 atom stereocenters. The van der Waals surface area contributed by atoms with Crippen LogP contribution in [0.25, 0.3) is 0 Å². The molecule has 0 aromatic heterocycles. The molecule has 0 saturated carbocycles. The summed E-state index contributed by atoms with van der Waals surface area (Å²) in [6, 6.07) is 0. The summed E-state index contributed by atoms with van der Waals surface area (Å²) in [5, 5.41) is 0. The lowest BCUT2D eigenvalue weighted by atomic mass is 9.79. The van der Waals surface area contributed by atoms with Gasteiger partial charge < -0.3 is 13.9 Å². The second kappa shape index (κ2) is 7.57. The molecule has 0 heterocycles. The predicted octanol–water partition coefficient (Wildman–Crippen LogP) is 4.21. The fourth-order valence-electron chi connectivity index (χ4n) is 2.64. The zero-order valence-electron chi connectivity index (χ0n) is 14.0. The minimum absolute atomic E-state index is 0.189. The van der Waals surface area contributed by atoms with Gasteiger partial charge in [0.2, 0.25) is 0 Å². The van der Waals surface area contributed by atoms with Crippen LogP contribution in [0.2, 0.25) is 19.6 Å². The third kappa shape index (κ3) is 5.38. The van der Waals surface area contributed by atoms with Crippen molar-refractivity contribution in [2.45, 2.75) is 65.1 Å². The molecule has 0 amide bonds. The van der Waals surface area contributed by atoms with Crippen molar-refractivity contribution in [2.75, 3.05) is 14.2 Å². The largest absolute Gasteiger partial charge is 0.408 e. The summed E-state index contributed by atoms with van der Waals surface area (Å²) in [6.07, 6.45) is 1.54. The Hall–Kier alpha value is -0.163. The van der Waals surface area contributed by atoms with Crippen LogP contribution in [0, 0.1) is 5.92 Å². The van der Waals surface area contributed by atoms with Crippen molar-refractivity contribution >= 4 is 8.32 Å². The van der Waals surface area contributed by atoms with Gasteiger partial charge >= 0.3 is 0 Å². The van der Waals surface area contributed by atoms with E-state index < -0.39 is 8.32 Å². The Morgan fingerprint density at radius 3 is 1.95 bits per heavy atom. The van der Waals surface area contributed by atoms with E-state index in [0.717, 1.165) is 18.4 Å². The van der Waals surface area contributed by atoms with Gasteiger partial charge in [-0.2, -0.15) is 0 Å². The van der Waals surface area contributed by atoms with Crippen molar-refractivity contribution in [1.29, 1.82) is 0 Å². The molecule has 0 saturated heterocycles. The molecular weight excluding hydrogens is 256 g/mol. The Morgan fingerprint density at radius 2 is 1.68 bits per heavy atom. The highest BCUT2D eigenvalue weighted by atomic mass is 28.4. The third-order valence-corrected chi connectivity index (χ3v) is 4.58. The summed E-state index contributed by atoms with van der Waals surface area (Å²) in [6.45, 7) is 17.3. The van der Waals surface area contributed by atoms with Crippen LogP contribution in [0.15, 0.2) is 12.2 Å². The quantitative estimate of drug-likeness (QED) is 0.361. The summed E-state index contributed by atoms with van der Waals surface area (Å²) in [7, 11) is 1.70. The number of ether oxygens (including phenoxy) is 2. The van der Waals surface area contributed by atoms with Crippen molar-refractivity contribution in [3.8, 4) is 0 Å². The van der Waals surface area contributed by atoms with Crippen LogP contribution in [-0.2, 0) is 13.9 Å². The Balaban J connectivity index is 5.17. The molecule has 0 aromatic rings. The minimum Gasteiger partial charge on any atom is -0.408 e. The summed E-state index contributed by atoms with van der Waals surface area (Å²) >= 11 is 0. The molecule has 0 aromatic carbocycles. The van der Waals surface area contributed by atoms with E-state index >= 15 is 0 Å². The Morgan fingerprint density at radius 1 is 1.21 bits per heavy atom. The van der Waals surface area contributed by atoms with Crippen LogP contribution < -0.4 is 0 Å². The number of hydrogen-bond acceptors (Lipinski definition) is 3. The number of hydrogen-bond donors (Lipinski definition) is 0. The van der Waals surface area contributed by atoms with E-state index in [0.29, 0.717) is 5.92 Å². The first-order chi connectivity index (χ1) is 8.62. The average molecular weight is 289 g/mol. The van der Waals surface area contributed by atoms with Crippen LogP contribution >= 0.6 is 0 Å². The standard InChI is InChI=1S/C15H32O3Si/c1-10-15(12(2)3,18-19(7,8)9)13(4)11-14(16-5)17-6/h13-14H,2,10-11H2,1,3-9H3/t13-,15-/m1/s1. The van der Waals surface area contributed by atoms with E-state index in [1.54, 1.807) is 14.2 Å². The predicted molar refractivity (Wildman–Crippen MR) is 83.9 cm³/mol. The van der Waals surface area contributed by atoms with Gasteiger partial charge in [-0.3, -0.25) is 0 Å². The van der Waals surface area contributed by atoms with E-state index in [1.807, 2.05) is 0 Å². The summed E-state index contributed by atoms with van der Waals surface area (Å²) in [5.74, 6) is 0.298. The second-order valence-corrected chi connectivity index (χ2v) is 10.7. The highest BCUT2D eigenvalue weighted by Crippen LogP contribution is 2.38. The van der Waals surface area contributed by atoms with Crippen molar-refractivity contribution in [1.82, 2.24) is 0 Å². The number of rotatable bonds is 9. The van der Waals surface area contributed by atoms with E-state index in [1.165, 1.54) is 0 Å². The maximum absolute atomic E-state index is 6.52. The van der Waals surface area contributed by atoms with Gasteiger partial charge in [-0.1, -0.05) is 20.4 Å². The van der Waals surface area contributed by atoms with Crippen LogP contribution in [0.3, 0.4) is 0 Å². The first kappa shape index (κ1) is 18.8. The molecule has 0 bridgehead atoms. The molecule has 0 aliphatic heterocycles. The first-order valence-corrected chi connectivity index (χ1v) is 10.5. The lowest BCUT2D eigenvalue weighted by molar-refractivity contribution is -0.126. The van der Waals surface area contributed by atoms with E-state index in [-0.39, 0.29) is 11.9 Å². The molecule has 0 aliphatic carbocycles. The monoisotopic (exact) mass is 288 g/mol. The van der Waals surface area contributed by atoms with Gasteiger partial charge in [-0.15, -0.1) is 0 Å². The molecule has 0 N–H and O–H groups in total. The molecule has 0 fully saturated rings. The fraction of sp³-hybridized carbons (Fsp3) is 0.867.